The quantitative estimate of drug-likeness (QED) is 0.701. The van der Waals surface area contributed by atoms with Crippen molar-refractivity contribution in [1.82, 2.24) is 10.3 Å². The molecule has 1 rings (SSSR count). The van der Waals surface area contributed by atoms with E-state index in [1.165, 1.54) is 0 Å². The smallest absolute Gasteiger partial charge is 0.149 e. The SMILES string of the molecule is CCNC(CO)CCSc1nccs1. The summed E-state index contributed by atoms with van der Waals surface area (Å²) in [6, 6.07) is 0.229. The number of nitrogens with zero attached hydrogens (tertiary/aromatic N) is 1. The van der Waals surface area contributed by atoms with Gasteiger partial charge in [-0.05, 0) is 13.0 Å². The van der Waals surface area contributed by atoms with E-state index < -0.39 is 0 Å². The second-order valence-corrected chi connectivity index (χ2v) is 5.11. The third-order valence-corrected chi connectivity index (χ3v) is 3.81. The lowest BCUT2D eigenvalue weighted by Gasteiger charge is -2.13. The molecule has 0 bridgehead atoms. The Morgan fingerprint density at radius 2 is 2.57 bits per heavy atom. The molecule has 0 aliphatic heterocycles. The van der Waals surface area contributed by atoms with Crippen molar-refractivity contribution in [2.45, 2.75) is 23.7 Å². The van der Waals surface area contributed by atoms with Crippen molar-refractivity contribution in [3.05, 3.63) is 11.6 Å². The third kappa shape index (κ3) is 4.41. The first-order valence-electron chi connectivity index (χ1n) is 4.73. The predicted octanol–water partition coefficient (Wildman–Crippen LogP) is 1.60. The maximum absolute atomic E-state index is 9.03. The fourth-order valence-electron chi connectivity index (χ4n) is 1.12. The lowest BCUT2D eigenvalue weighted by atomic mass is 10.2. The fourth-order valence-corrected chi connectivity index (χ4v) is 2.88. The van der Waals surface area contributed by atoms with E-state index in [9.17, 15) is 0 Å². The molecule has 1 heterocycles. The summed E-state index contributed by atoms with van der Waals surface area (Å²) in [5.41, 5.74) is 0. The van der Waals surface area contributed by atoms with Crippen molar-refractivity contribution in [3.8, 4) is 0 Å². The van der Waals surface area contributed by atoms with E-state index in [2.05, 4.69) is 17.2 Å². The maximum atomic E-state index is 9.03. The van der Waals surface area contributed by atoms with Crippen LogP contribution in [0.25, 0.3) is 0 Å². The molecule has 0 aliphatic carbocycles. The second-order valence-electron chi connectivity index (χ2n) is 2.87. The van der Waals surface area contributed by atoms with Gasteiger partial charge in [-0.15, -0.1) is 11.3 Å². The maximum Gasteiger partial charge on any atom is 0.149 e. The molecule has 1 aromatic rings. The van der Waals surface area contributed by atoms with Gasteiger partial charge in [0.05, 0.1) is 6.61 Å². The molecule has 0 amide bonds. The van der Waals surface area contributed by atoms with Crippen LogP contribution in [-0.4, -0.2) is 35.0 Å². The average molecular weight is 232 g/mol. The summed E-state index contributed by atoms with van der Waals surface area (Å²) >= 11 is 3.42. The van der Waals surface area contributed by atoms with Gasteiger partial charge in [0.1, 0.15) is 4.34 Å². The number of rotatable bonds is 7. The zero-order chi connectivity index (χ0) is 10.2. The van der Waals surface area contributed by atoms with Crippen molar-refractivity contribution < 1.29 is 5.11 Å². The molecule has 0 saturated carbocycles. The monoisotopic (exact) mass is 232 g/mol. The van der Waals surface area contributed by atoms with Gasteiger partial charge in [0, 0.05) is 23.4 Å². The fraction of sp³-hybridized carbons (Fsp3) is 0.667. The van der Waals surface area contributed by atoms with Crippen molar-refractivity contribution in [2.75, 3.05) is 18.9 Å². The van der Waals surface area contributed by atoms with Crippen LogP contribution >= 0.6 is 23.1 Å². The zero-order valence-electron chi connectivity index (χ0n) is 8.27. The van der Waals surface area contributed by atoms with E-state index in [0.29, 0.717) is 0 Å². The largest absolute Gasteiger partial charge is 0.395 e. The van der Waals surface area contributed by atoms with Crippen LogP contribution in [0.4, 0.5) is 0 Å². The molecule has 1 aromatic heterocycles. The lowest BCUT2D eigenvalue weighted by Crippen LogP contribution is -2.32. The van der Waals surface area contributed by atoms with E-state index in [1.54, 1.807) is 23.1 Å². The topological polar surface area (TPSA) is 45.1 Å². The van der Waals surface area contributed by atoms with Crippen molar-refractivity contribution in [1.29, 1.82) is 0 Å². The molecule has 2 N–H and O–H groups in total. The number of aliphatic hydroxyl groups is 1. The molecule has 1 atom stereocenters. The molecule has 1 unspecified atom stereocenters. The lowest BCUT2D eigenvalue weighted by molar-refractivity contribution is 0.242. The number of thiazole rings is 1. The van der Waals surface area contributed by atoms with Gasteiger partial charge in [-0.1, -0.05) is 18.7 Å². The average Bonchev–Trinajstić information content (AvgIpc) is 2.69. The molecule has 3 nitrogen and oxygen atoms in total. The third-order valence-electron chi connectivity index (χ3n) is 1.81. The Balaban J connectivity index is 2.13. The Labute approximate surface area is 92.9 Å². The number of thioether (sulfide) groups is 1. The number of hydrogen-bond donors (Lipinski definition) is 2. The Morgan fingerprint density at radius 1 is 1.71 bits per heavy atom. The van der Waals surface area contributed by atoms with E-state index in [4.69, 9.17) is 5.11 Å². The van der Waals surface area contributed by atoms with Gasteiger partial charge in [0.2, 0.25) is 0 Å². The molecule has 0 radical (unpaired) electrons. The molecule has 5 heteroatoms. The van der Waals surface area contributed by atoms with Crippen LogP contribution in [0.3, 0.4) is 0 Å². The summed E-state index contributed by atoms with van der Waals surface area (Å²) in [6.45, 7) is 3.18. The zero-order valence-corrected chi connectivity index (χ0v) is 9.90. The summed E-state index contributed by atoms with van der Waals surface area (Å²) in [7, 11) is 0. The number of aromatic nitrogens is 1. The summed E-state index contributed by atoms with van der Waals surface area (Å²) in [5.74, 6) is 1.01. The van der Waals surface area contributed by atoms with Gasteiger partial charge >= 0.3 is 0 Å². The minimum atomic E-state index is 0.215. The van der Waals surface area contributed by atoms with Crippen LogP contribution in [0.5, 0.6) is 0 Å². The van der Waals surface area contributed by atoms with E-state index in [-0.39, 0.29) is 12.6 Å². The predicted molar refractivity (Wildman–Crippen MR) is 62.0 cm³/mol. The summed E-state index contributed by atoms with van der Waals surface area (Å²) < 4.78 is 1.11. The van der Waals surface area contributed by atoms with Crippen LogP contribution < -0.4 is 5.32 Å². The molecule has 0 aromatic carbocycles. The van der Waals surface area contributed by atoms with Gasteiger partial charge in [-0.2, -0.15) is 0 Å². The molecule has 0 saturated heterocycles. The Kier molecular flexibility index (Phi) is 6.18. The standard InChI is InChI=1S/C9H16N2OS2/c1-2-10-8(7-12)3-5-13-9-11-4-6-14-9/h4,6,8,10,12H,2-3,5,7H2,1H3. The van der Waals surface area contributed by atoms with E-state index >= 15 is 0 Å². The van der Waals surface area contributed by atoms with E-state index in [0.717, 1.165) is 23.1 Å². The molecular formula is C9H16N2OS2. The highest BCUT2D eigenvalue weighted by Crippen LogP contribution is 2.21. The Bertz CT molecular complexity index is 229. The Hall–Kier alpha value is -0.100. The summed E-state index contributed by atoms with van der Waals surface area (Å²) in [4.78, 5) is 4.18. The summed E-state index contributed by atoms with van der Waals surface area (Å²) in [5, 5.41) is 14.2. The highest BCUT2D eigenvalue weighted by Gasteiger charge is 2.05. The molecule has 0 fully saturated rings. The van der Waals surface area contributed by atoms with Gasteiger partial charge in [0.15, 0.2) is 0 Å². The van der Waals surface area contributed by atoms with Crippen molar-refractivity contribution in [2.24, 2.45) is 0 Å². The first kappa shape index (κ1) is 12.0. The van der Waals surface area contributed by atoms with Crippen LogP contribution in [-0.2, 0) is 0 Å². The van der Waals surface area contributed by atoms with Gasteiger partial charge in [-0.25, -0.2) is 4.98 Å². The normalized spacial score (nSPS) is 13.0. The molecule has 0 aliphatic rings. The van der Waals surface area contributed by atoms with Gasteiger partial charge in [0.25, 0.3) is 0 Å². The van der Waals surface area contributed by atoms with Crippen LogP contribution in [0, 0.1) is 0 Å². The first-order chi connectivity index (χ1) is 6.86. The van der Waals surface area contributed by atoms with Crippen LogP contribution in [0.2, 0.25) is 0 Å². The number of aliphatic hydroxyl groups excluding tert-OH is 1. The van der Waals surface area contributed by atoms with Crippen molar-refractivity contribution in [3.63, 3.8) is 0 Å². The minimum absolute atomic E-state index is 0.215. The van der Waals surface area contributed by atoms with E-state index in [1.807, 2.05) is 11.6 Å². The molecule has 80 valence electrons. The first-order valence-corrected chi connectivity index (χ1v) is 6.60. The number of hydrogen-bond acceptors (Lipinski definition) is 5. The Morgan fingerprint density at radius 3 is 3.14 bits per heavy atom. The van der Waals surface area contributed by atoms with Crippen LogP contribution in [0.1, 0.15) is 13.3 Å². The molecular weight excluding hydrogens is 216 g/mol. The molecule has 14 heavy (non-hydrogen) atoms. The van der Waals surface area contributed by atoms with Crippen LogP contribution in [0.15, 0.2) is 15.9 Å². The number of nitrogens with one attached hydrogen (secondary N) is 1. The minimum Gasteiger partial charge on any atom is -0.395 e. The highest BCUT2D eigenvalue weighted by atomic mass is 32.2. The van der Waals surface area contributed by atoms with Gasteiger partial charge in [-0.3, -0.25) is 0 Å². The van der Waals surface area contributed by atoms with Crippen molar-refractivity contribution >= 4 is 23.1 Å². The molecule has 0 spiro atoms. The summed E-state index contributed by atoms with van der Waals surface area (Å²) in [6.07, 6.45) is 2.80. The van der Waals surface area contributed by atoms with Gasteiger partial charge < -0.3 is 10.4 Å². The highest BCUT2D eigenvalue weighted by molar-refractivity contribution is 8.00. The number of likely N-dealkylation sites (N-methyl/N-ethyl adjacent to an activating group) is 1. The second kappa shape index (κ2) is 7.23.